The molecule has 1 amide bonds. The number of fused-ring (bicyclic) bond motifs is 1. The molecule has 1 aliphatic rings. The summed E-state index contributed by atoms with van der Waals surface area (Å²) in [5.74, 6) is 0.0569. The van der Waals surface area contributed by atoms with Gasteiger partial charge < -0.3 is 9.88 Å². The highest BCUT2D eigenvalue weighted by atomic mass is 35.5. The first-order valence-electron chi connectivity index (χ1n) is 8.78. The Bertz CT molecular complexity index is 1010. The van der Waals surface area contributed by atoms with E-state index in [1.54, 1.807) is 16.7 Å². The summed E-state index contributed by atoms with van der Waals surface area (Å²) in [6, 6.07) is 13.2. The van der Waals surface area contributed by atoms with Crippen LogP contribution in [0.3, 0.4) is 0 Å². The van der Waals surface area contributed by atoms with Crippen molar-refractivity contribution in [1.82, 2.24) is 14.5 Å². The molecule has 134 valence electrons. The van der Waals surface area contributed by atoms with Crippen molar-refractivity contribution in [3.8, 4) is 0 Å². The number of piperidine rings is 1. The minimum Gasteiger partial charge on any atom is -0.338 e. The predicted molar refractivity (Wildman–Crippen MR) is 103 cm³/mol. The predicted octanol–water partition coefficient (Wildman–Crippen LogP) is 3.77. The second-order valence-electron chi connectivity index (χ2n) is 6.85. The molecule has 0 unspecified atom stereocenters. The molecule has 0 spiro atoms. The highest BCUT2D eigenvalue weighted by Gasteiger charge is 2.26. The van der Waals surface area contributed by atoms with Gasteiger partial charge >= 0.3 is 5.69 Å². The van der Waals surface area contributed by atoms with Crippen LogP contribution in [-0.4, -0.2) is 33.4 Å². The van der Waals surface area contributed by atoms with Gasteiger partial charge in [-0.3, -0.25) is 9.36 Å². The summed E-state index contributed by atoms with van der Waals surface area (Å²) in [7, 11) is 0. The van der Waals surface area contributed by atoms with Gasteiger partial charge in [-0.15, -0.1) is 0 Å². The molecule has 2 heterocycles. The zero-order valence-electron chi connectivity index (χ0n) is 14.5. The standard InChI is InChI=1S/C20H20ClN3O2/c1-13-2-4-14(5-3-13)19(25)23-10-8-16(9-11-23)24-18-7-6-15(21)12-17(18)22-20(24)26/h2-7,12,16H,8-11H2,1H3,(H,22,26). The number of hydrogen-bond acceptors (Lipinski definition) is 2. The number of carbonyl (C=O) groups is 1. The van der Waals surface area contributed by atoms with E-state index in [-0.39, 0.29) is 17.6 Å². The Kier molecular flexibility index (Phi) is 4.32. The number of halogens is 1. The van der Waals surface area contributed by atoms with Crippen molar-refractivity contribution in [3.63, 3.8) is 0 Å². The fourth-order valence-corrected chi connectivity index (χ4v) is 3.84. The van der Waals surface area contributed by atoms with Crippen LogP contribution < -0.4 is 5.69 Å². The number of benzene rings is 2. The number of hydrogen-bond donors (Lipinski definition) is 1. The van der Waals surface area contributed by atoms with E-state index in [9.17, 15) is 9.59 Å². The van der Waals surface area contributed by atoms with Gasteiger partial charge in [-0.2, -0.15) is 0 Å². The molecular formula is C20H20ClN3O2. The van der Waals surface area contributed by atoms with E-state index in [1.807, 2.05) is 42.2 Å². The van der Waals surface area contributed by atoms with Crippen LogP contribution in [0, 0.1) is 6.92 Å². The van der Waals surface area contributed by atoms with Crippen molar-refractivity contribution < 1.29 is 4.79 Å². The molecule has 6 heteroatoms. The van der Waals surface area contributed by atoms with Gasteiger partial charge in [-0.05, 0) is 50.1 Å². The number of amides is 1. The first kappa shape index (κ1) is 16.9. The van der Waals surface area contributed by atoms with Crippen LogP contribution in [0.15, 0.2) is 47.3 Å². The lowest BCUT2D eigenvalue weighted by atomic mass is 10.0. The Labute approximate surface area is 156 Å². The zero-order chi connectivity index (χ0) is 18.3. The van der Waals surface area contributed by atoms with E-state index in [0.29, 0.717) is 23.7 Å². The zero-order valence-corrected chi connectivity index (χ0v) is 15.3. The fourth-order valence-electron chi connectivity index (χ4n) is 3.67. The molecule has 0 atom stereocenters. The molecule has 1 aliphatic heterocycles. The molecule has 1 N–H and O–H groups in total. The molecule has 3 aromatic rings. The Hall–Kier alpha value is -2.53. The van der Waals surface area contributed by atoms with E-state index >= 15 is 0 Å². The van der Waals surface area contributed by atoms with Crippen LogP contribution in [0.4, 0.5) is 0 Å². The third kappa shape index (κ3) is 3.03. The topological polar surface area (TPSA) is 58.1 Å². The Morgan fingerprint density at radius 2 is 1.81 bits per heavy atom. The molecule has 4 rings (SSSR count). The van der Waals surface area contributed by atoms with Gasteiger partial charge in [0.25, 0.3) is 5.91 Å². The number of aryl methyl sites for hydroxylation is 1. The third-order valence-electron chi connectivity index (χ3n) is 5.09. The molecule has 1 saturated heterocycles. The fraction of sp³-hybridized carbons (Fsp3) is 0.300. The molecular weight excluding hydrogens is 350 g/mol. The largest absolute Gasteiger partial charge is 0.338 e. The van der Waals surface area contributed by atoms with Gasteiger partial charge in [-0.1, -0.05) is 29.3 Å². The molecule has 5 nitrogen and oxygen atoms in total. The van der Waals surface area contributed by atoms with Crippen molar-refractivity contribution in [2.45, 2.75) is 25.8 Å². The number of nitrogens with one attached hydrogen (secondary N) is 1. The van der Waals surface area contributed by atoms with Crippen LogP contribution in [0.5, 0.6) is 0 Å². The second kappa shape index (κ2) is 6.65. The maximum absolute atomic E-state index is 12.7. The lowest BCUT2D eigenvalue weighted by molar-refractivity contribution is 0.0695. The quantitative estimate of drug-likeness (QED) is 0.747. The maximum Gasteiger partial charge on any atom is 0.326 e. The van der Waals surface area contributed by atoms with Crippen molar-refractivity contribution in [2.24, 2.45) is 0 Å². The SMILES string of the molecule is Cc1ccc(C(=O)N2CCC(n3c(=O)[nH]c4cc(Cl)ccc43)CC2)cc1. The molecule has 2 aromatic carbocycles. The first-order chi connectivity index (χ1) is 12.5. The molecule has 0 aliphatic carbocycles. The summed E-state index contributed by atoms with van der Waals surface area (Å²) in [4.78, 5) is 29.8. The molecule has 1 fully saturated rings. The van der Waals surface area contributed by atoms with Gasteiger partial charge in [0, 0.05) is 29.7 Å². The van der Waals surface area contributed by atoms with E-state index in [0.717, 1.165) is 29.4 Å². The third-order valence-corrected chi connectivity index (χ3v) is 5.33. The minimum atomic E-state index is -0.120. The number of aromatic amines is 1. The highest BCUT2D eigenvalue weighted by Crippen LogP contribution is 2.26. The summed E-state index contributed by atoms with van der Waals surface area (Å²) < 4.78 is 1.80. The van der Waals surface area contributed by atoms with E-state index < -0.39 is 0 Å². The smallest absolute Gasteiger partial charge is 0.326 e. The van der Waals surface area contributed by atoms with Crippen molar-refractivity contribution >= 4 is 28.5 Å². The number of H-pyrrole nitrogens is 1. The molecule has 0 saturated carbocycles. The monoisotopic (exact) mass is 369 g/mol. The average Bonchev–Trinajstić information content (AvgIpc) is 2.96. The van der Waals surface area contributed by atoms with Gasteiger partial charge in [0.05, 0.1) is 11.0 Å². The van der Waals surface area contributed by atoms with Crippen LogP contribution >= 0.6 is 11.6 Å². The molecule has 26 heavy (non-hydrogen) atoms. The molecule has 1 aromatic heterocycles. The maximum atomic E-state index is 12.7. The normalized spacial score (nSPS) is 15.5. The van der Waals surface area contributed by atoms with Gasteiger partial charge in [-0.25, -0.2) is 4.79 Å². The number of aromatic nitrogens is 2. The van der Waals surface area contributed by atoms with Crippen LogP contribution in [0.1, 0.15) is 34.8 Å². The van der Waals surface area contributed by atoms with Gasteiger partial charge in [0.2, 0.25) is 0 Å². The second-order valence-corrected chi connectivity index (χ2v) is 7.29. The van der Waals surface area contributed by atoms with E-state index in [1.165, 1.54) is 0 Å². The summed E-state index contributed by atoms with van der Waals surface area (Å²) in [5.41, 5.74) is 3.35. The lowest BCUT2D eigenvalue weighted by Gasteiger charge is -2.32. The Morgan fingerprint density at radius 1 is 1.12 bits per heavy atom. The van der Waals surface area contributed by atoms with Crippen LogP contribution in [0.25, 0.3) is 11.0 Å². The average molecular weight is 370 g/mol. The summed E-state index contributed by atoms with van der Waals surface area (Å²) in [5, 5.41) is 0.601. The number of rotatable bonds is 2. The molecule has 0 radical (unpaired) electrons. The van der Waals surface area contributed by atoms with E-state index in [4.69, 9.17) is 11.6 Å². The summed E-state index contributed by atoms with van der Waals surface area (Å²) in [6.45, 7) is 3.29. The van der Waals surface area contributed by atoms with Crippen molar-refractivity contribution in [2.75, 3.05) is 13.1 Å². The van der Waals surface area contributed by atoms with Crippen LogP contribution in [-0.2, 0) is 0 Å². The van der Waals surface area contributed by atoms with Crippen LogP contribution in [0.2, 0.25) is 5.02 Å². The van der Waals surface area contributed by atoms with Gasteiger partial charge in [0.1, 0.15) is 0 Å². The summed E-state index contributed by atoms with van der Waals surface area (Å²) >= 11 is 6.01. The van der Waals surface area contributed by atoms with Crippen molar-refractivity contribution in [3.05, 3.63) is 69.1 Å². The first-order valence-corrected chi connectivity index (χ1v) is 9.16. The minimum absolute atomic E-state index is 0.0569. The lowest BCUT2D eigenvalue weighted by Crippen LogP contribution is -2.40. The van der Waals surface area contributed by atoms with Crippen molar-refractivity contribution in [1.29, 1.82) is 0 Å². The van der Waals surface area contributed by atoms with Gasteiger partial charge in [0.15, 0.2) is 0 Å². The highest BCUT2D eigenvalue weighted by molar-refractivity contribution is 6.31. The number of carbonyl (C=O) groups excluding carboxylic acids is 1. The summed E-state index contributed by atoms with van der Waals surface area (Å²) in [6.07, 6.45) is 1.51. The molecule has 0 bridgehead atoms. The number of imidazole rings is 1. The van der Waals surface area contributed by atoms with E-state index in [2.05, 4.69) is 4.98 Å². The Morgan fingerprint density at radius 3 is 2.50 bits per heavy atom. The number of nitrogens with zero attached hydrogens (tertiary/aromatic N) is 2. The number of likely N-dealkylation sites (tertiary alicyclic amines) is 1. The Balaban J connectivity index is 1.52.